The fourth-order valence-electron chi connectivity index (χ4n) is 2.80. The van der Waals surface area contributed by atoms with E-state index in [1.807, 2.05) is 6.07 Å². The Morgan fingerprint density at radius 1 is 1.33 bits per heavy atom. The van der Waals surface area contributed by atoms with Gasteiger partial charge in [0.25, 0.3) is 0 Å². The van der Waals surface area contributed by atoms with E-state index in [1.165, 1.54) is 25.3 Å². The molecule has 1 nitrogen and oxygen atoms in total. The molecule has 3 atom stereocenters. The van der Waals surface area contributed by atoms with Crippen molar-refractivity contribution in [2.45, 2.75) is 45.7 Å². The maximum atomic E-state index is 13.4. The normalized spacial score (nSPS) is 28.3. The molecule has 0 radical (unpaired) electrons. The van der Waals surface area contributed by atoms with E-state index < -0.39 is 0 Å². The van der Waals surface area contributed by atoms with Gasteiger partial charge in [0.2, 0.25) is 0 Å². The lowest BCUT2D eigenvalue weighted by Gasteiger charge is -2.34. The lowest BCUT2D eigenvalue weighted by Crippen LogP contribution is -2.40. The molecule has 1 aliphatic rings. The Hall–Kier alpha value is -0.410. The first-order valence-corrected chi connectivity index (χ1v) is 7.55. The van der Waals surface area contributed by atoms with Crippen LogP contribution in [0.4, 0.5) is 4.39 Å². The van der Waals surface area contributed by atoms with Crippen molar-refractivity contribution in [1.82, 2.24) is 5.32 Å². The second-order valence-electron chi connectivity index (χ2n) is 5.47. The Kier molecular flexibility index (Phi) is 4.79. The molecule has 18 heavy (non-hydrogen) atoms. The summed E-state index contributed by atoms with van der Waals surface area (Å²) in [6, 6.07) is 5.78. The molecule has 1 aromatic rings. The SMILES string of the molecule is CC1CCCC(NCc2cccc(F)c2Br)C1C. The highest BCUT2D eigenvalue weighted by Gasteiger charge is 2.26. The number of nitrogens with one attached hydrogen (secondary N) is 1. The van der Waals surface area contributed by atoms with Crippen molar-refractivity contribution in [2.24, 2.45) is 11.8 Å². The van der Waals surface area contributed by atoms with Gasteiger partial charge in [0.15, 0.2) is 0 Å². The van der Waals surface area contributed by atoms with E-state index in [2.05, 4.69) is 35.1 Å². The third kappa shape index (κ3) is 3.12. The summed E-state index contributed by atoms with van der Waals surface area (Å²) in [5, 5.41) is 3.59. The van der Waals surface area contributed by atoms with Crippen LogP contribution in [0.25, 0.3) is 0 Å². The lowest BCUT2D eigenvalue weighted by molar-refractivity contribution is 0.206. The minimum atomic E-state index is -0.181. The average Bonchev–Trinajstić information content (AvgIpc) is 2.36. The molecule has 1 fully saturated rings. The van der Waals surface area contributed by atoms with E-state index >= 15 is 0 Å². The van der Waals surface area contributed by atoms with Gasteiger partial charge in [-0.3, -0.25) is 0 Å². The summed E-state index contributed by atoms with van der Waals surface area (Å²) in [6.07, 6.45) is 3.87. The van der Waals surface area contributed by atoms with Crippen LogP contribution in [-0.2, 0) is 6.54 Å². The molecule has 0 amide bonds. The van der Waals surface area contributed by atoms with Gasteiger partial charge < -0.3 is 5.32 Å². The highest BCUT2D eigenvalue weighted by atomic mass is 79.9. The zero-order chi connectivity index (χ0) is 13.1. The molecule has 3 heteroatoms. The molecular weight excluding hydrogens is 293 g/mol. The van der Waals surface area contributed by atoms with E-state index in [0.29, 0.717) is 16.4 Å². The Morgan fingerprint density at radius 3 is 2.89 bits per heavy atom. The number of rotatable bonds is 3. The molecule has 2 rings (SSSR count). The van der Waals surface area contributed by atoms with Gasteiger partial charge in [0.1, 0.15) is 5.82 Å². The van der Waals surface area contributed by atoms with Crippen LogP contribution in [0, 0.1) is 17.7 Å². The first kappa shape index (κ1) is 14.0. The largest absolute Gasteiger partial charge is 0.310 e. The Balaban J connectivity index is 1.97. The van der Waals surface area contributed by atoms with Gasteiger partial charge in [-0.1, -0.05) is 38.8 Å². The zero-order valence-corrected chi connectivity index (χ0v) is 12.6. The Bertz CT molecular complexity index is 407. The first-order valence-electron chi connectivity index (χ1n) is 6.76. The van der Waals surface area contributed by atoms with E-state index in [4.69, 9.17) is 0 Å². The van der Waals surface area contributed by atoms with Crippen molar-refractivity contribution < 1.29 is 4.39 Å². The standard InChI is InChI=1S/C15H21BrFN/c1-10-5-3-8-14(11(10)2)18-9-12-6-4-7-13(17)15(12)16/h4,6-7,10-11,14,18H,3,5,8-9H2,1-2H3. The van der Waals surface area contributed by atoms with Gasteiger partial charge in [-0.25, -0.2) is 4.39 Å². The highest BCUT2D eigenvalue weighted by molar-refractivity contribution is 9.10. The van der Waals surface area contributed by atoms with Crippen LogP contribution in [-0.4, -0.2) is 6.04 Å². The summed E-state index contributed by atoms with van der Waals surface area (Å²) in [5.41, 5.74) is 1.00. The van der Waals surface area contributed by atoms with Crippen LogP contribution >= 0.6 is 15.9 Å². The summed E-state index contributed by atoms with van der Waals surface area (Å²) < 4.78 is 14.0. The summed E-state index contributed by atoms with van der Waals surface area (Å²) in [6.45, 7) is 5.39. The molecular formula is C15H21BrFN. The van der Waals surface area contributed by atoms with Gasteiger partial charge in [-0.05, 0) is 45.8 Å². The molecule has 0 bridgehead atoms. The molecule has 0 heterocycles. The van der Waals surface area contributed by atoms with E-state index in [-0.39, 0.29) is 5.82 Å². The first-order chi connectivity index (χ1) is 8.59. The average molecular weight is 314 g/mol. The molecule has 0 aromatic heterocycles. The molecule has 0 aliphatic heterocycles. The van der Waals surface area contributed by atoms with Crippen molar-refractivity contribution in [3.8, 4) is 0 Å². The maximum absolute atomic E-state index is 13.4. The number of halogens is 2. The molecule has 3 unspecified atom stereocenters. The third-order valence-corrected chi connectivity index (χ3v) is 5.18. The summed E-state index contributed by atoms with van der Waals surface area (Å²) >= 11 is 3.32. The fraction of sp³-hybridized carbons (Fsp3) is 0.600. The van der Waals surface area contributed by atoms with Crippen molar-refractivity contribution in [3.63, 3.8) is 0 Å². The van der Waals surface area contributed by atoms with Crippen LogP contribution in [0.5, 0.6) is 0 Å². The van der Waals surface area contributed by atoms with Gasteiger partial charge in [-0.2, -0.15) is 0 Å². The molecule has 1 aliphatic carbocycles. The lowest BCUT2D eigenvalue weighted by atomic mass is 9.78. The van der Waals surface area contributed by atoms with Crippen molar-refractivity contribution in [1.29, 1.82) is 0 Å². The Labute approximate surface area is 117 Å². The van der Waals surface area contributed by atoms with Crippen LogP contribution in [0.3, 0.4) is 0 Å². The predicted molar refractivity (Wildman–Crippen MR) is 76.9 cm³/mol. The predicted octanol–water partition coefficient (Wildman–Crippen LogP) is 4.50. The van der Waals surface area contributed by atoms with Crippen LogP contribution in [0.15, 0.2) is 22.7 Å². The molecule has 0 saturated heterocycles. The fourth-order valence-corrected chi connectivity index (χ4v) is 3.20. The van der Waals surface area contributed by atoms with E-state index in [1.54, 1.807) is 6.07 Å². The van der Waals surface area contributed by atoms with E-state index in [0.717, 1.165) is 18.0 Å². The smallest absolute Gasteiger partial charge is 0.137 e. The second kappa shape index (κ2) is 6.16. The van der Waals surface area contributed by atoms with Crippen molar-refractivity contribution in [2.75, 3.05) is 0 Å². The number of benzene rings is 1. The van der Waals surface area contributed by atoms with Crippen molar-refractivity contribution in [3.05, 3.63) is 34.1 Å². The molecule has 0 spiro atoms. The van der Waals surface area contributed by atoms with Gasteiger partial charge >= 0.3 is 0 Å². The van der Waals surface area contributed by atoms with Gasteiger partial charge in [0.05, 0.1) is 4.47 Å². The quantitative estimate of drug-likeness (QED) is 0.866. The molecule has 1 N–H and O–H groups in total. The summed E-state index contributed by atoms with van der Waals surface area (Å²) in [4.78, 5) is 0. The number of hydrogen-bond acceptors (Lipinski definition) is 1. The number of hydrogen-bond donors (Lipinski definition) is 1. The van der Waals surface area contributed by atoms with Gasteiger partial charge in [0, 0.05) is 12.6 Å². The van der Waals surface area contributed by atoms with Crippen molar-refractivity contribution >= 4 is 15.9 Å². The minimum absolute atomic E-state index is 0.181. The molecule has 1 saturated carbocycles. The molecule has 100 valence electrons. The molecule has 1 aromatic carbocycles. The minimum Gasteiger partial charge on any atom is -0.310 e. The monoisotopic (exact) mass is 313 g/mol. The van der Waals surface area contributed by atoms with Crippen LogP contribution in [0.2, 0.25) is 0 Å². The van der Waals surface area contributed by atoms with E-state index in [9.17, 15) is 4.39 Å². The summed E-state index contributed by atoms with van der Waals surface area (Å²) in [7, 11) is 0. The highest BCUT2D eigenvalue weighted by Crippen LogP contribution is 2.30. The topological polar surface area (TPSA) is 12.0 Å². The van der Waals surface area contributed by atoms with Gasteiger partial charge in [-0.15, -0.1) is 0 Å². The third-order valence-electron chi connectivity index (χ3n) is 4.29. The van der Waals surface area contributed by atoms with Crippen LogP contribution in [0.1, 0.15) is 38.7 Å². The maximum Gasteiger partial charge on any atom is 0.137 e. The van der Waals surface area contributed by atoms with Crippen LogP contribution < -0.4 is 5.32 Å². The second-order valence-corrected chi connectivity index (χ2v) is 6.26. The zero-order valence-electron chi connectivity index (χ0n) is 11.0. The summed E-state index contributed by atoms with van der Waals surface area (Å²) in [5.74, 6) is 1.30. The Morgan fingerprint density at radius 2 is 2.11 bits per heavy atom.